The fourth-order valence-corrected chi connectivity index (χ4v) is 2.78. The van der Waals surface area contributed by atoms with Crippen LogP contribution in [-0.4, -0.2) is 30.3 Å². The highest BCUT2D eigenvalue weighted by molar-refractivity contribution is 5.94. The first kappa shape index (κ1) is 14.4. The van der Waals surface area contributed by atoms with Crippen LogP contribution in [0.1, 0.15) is 42.5 Å². The number of rotatable bonds is 6. The van der Waals surface area contributed by atoms with Gasteiger partial charge in [0.05, 0.1) is 12.7 Å². The molecular weight excluding hydrogens is 266 g/mol. The number of hydrogen-bond acceptors (Lipinski definition) is 3. The molecule has 2 atom stereocenters. The van der Waals surface area contributed by atoms with Crippen molar-refractivity contribution in [3.63, 3.8) is 0 Å². The fourth-order valence-electron chi connectivity index (χ4n) is 2.78. The SMILES string of the molecule is O=C(NCC1CCCC1O)c1ccc(OCC2CC2)cc1. The summed E-state index contributed by atoms with van der Waals surface area (Å²) in [4.78, 5) is 12.1. The van der Waals surface area contributed by atoms with Gasteiger partial charge in [-0.2, -0.15) is 0 Å². The van der Waals surface area contributed by atoms with Gasteiger partial charge in [-0.1, -0.05) is 6.42 Å². The summed E-state index contributed by atoms with van der Waals surface area (Å²) in [7, 11) is 0. The molecule has 114 valence electrons. The number of nitrogens with one attached hydrogen (secondary N) is 1. The molecule has 0 aromatic heterocycles. The summed E-state index contributed by atoms with van der Waals surface area (Å²) in [5, 5.41) is 12.7. The van der Waals surface area contributed by atoms with Crippen LogP contribution < -0.4 is 10.1 Å². The minimum atomic E-state index is -0.261. The van der Waals surface area contributed by atoms with Crippen molar-refractivity contribution in [3.8, 4) is 5.75 Å². The Morgan fingerprint density at radius 2 is 1.95 bits per heavy atom. The summed E-state index contributed by atoms with van der Waals surface area (Å²) in [6.07, 6.45) is 5.18. The van der Waals surface area contributed by atoms with Crippen LogP contribution in [0, 0.1) is 11.8 Å². The Balaban J connectivity index is 1.47. The van der Waals surface area contributed by atoms with Crippen molar-refractivity contribution < 1.29 is 14.6 Å². The van der Waals surface area contributed by atoms with Crippen molar-refractivity contribution >= 4 is 5.91 Å². The quantitative estimate of drug-likeness (QED) is 0.845. The first-order valence-electron chi connectivity index (χ1n) is 7.91. The van der Waals surface area contributed by atoms with Crippen LogP contribution in [0.4, 0.5) is 0 Å². The van der Waals surface area contributed by atoms with Crippen molar-refractivity contribution in [2.45, 2.75) is 38.2 Å². The van der Waals surface area contributed by atoms with E-state index in [1.807, 2.05) is 12.1 Å². The van der Waals surface area contributed by atoms with Crippen LogP contribution in [0.5, 0.6) is 5.75 Å². The second kappa shape index (κ2) is 6.48. The molecule has 21 heavy (non-hydrogen) atoms. The molecule has 0 bridgehead atoms. The van der Waals surface area contributed by atoms with E-state index in [1.54, 1.807) is 12.1 Å². The lowest BCUT2D eigenvalue weighted by Gasteiger charge is -2.15. The zero-order chi connectivity index (χ0) is 14.7. The van der Waals surface area contributed by atoms with Crippen molar-refractivity contribution in [2.75, 3.05) is 13.2 Å². The smallest absolute Gasteiger partial charge is 0.251 e. The lowest BCUT2D eigenvalue weighted by molar-refractivity contribution is 0.0917. The number of hydrogen-bond donors (Lipinski definition) is 2. The molecule has 2 saturated carbocycles. The number of amides is 1. The van der Waals surface area contributed by atoms with E-state index in [0.717, 1.165) is 37.5 Å². The molecule has 0 aliphatic heterocycles. The van der Waals surface area contributed by atoms with Crippen molar-refractivity contribution in [1.82, 2.24) is 5.32 Å². The molecule has 2 unspecified atom stereocenters. The van der Waals surface area contributed by atoms with Gasteiger partial charge in [-0.05, 0) is 55.9 Å². The number of ether oxygens (including phenoxy) is 1. The first-order valence-corrected chi connectivity index (χ1v) is 7.91. The van der Waals surface area contributed by atoms with Crippen molar-refractivity contribution in [2.24, 2.45) is 11.8 Å². The molecule has 3 rings (SSSR count). The Kier molecular flexibility index (Phi) is 4.44. The predicted octanol–water partition coefficient (Wildman–Crippen LogP) is 2.37. The van der Waals surface area contributed by atoms with E-state index in [0.29, 0.717) is 12.1 Å². The van der Waals surface area contributed by atoms with Crippen LogP contribution in [0.25, 0.3) is 0 Å². The largest absolute Gasteiger partial charge is 0.493 e. The average Bonchev–Trinajstić information content (AvgIpc) is 3.25. The van der Waals surface area contributed by atoms with Crippen molar-refractivity contribution in [1.29, 1.82) is 0 Å². The summed E-state index contributed by atoms with van der Waals surface area (Å²) in [5.41, 5.74) is 0.640. The van der Waals surface area contributed by atoms with E-state index in [2.05, 4.69) is 5.32 Å². The van der Waals surface area contributed by atoms with Crippen molar-refractivity contribution in [3.05, 3.63) is 29.8 Å². The maximum atomic E-state index is 12.1. The minimum Gasteiger partial charge on any atom is -0.493 e. The molecule has 0 radical (unpaired) electrons. The molecule has 2 fully saturated rings. The molecule has 0 heterocycles. The summed E-state index contributed by atoms with van der Waals surface area (Å²) in [6, 6.07) is 7.29. The van der Waals surface area contributed by atoms with Gasteiger partial charge in [-0.15, -0.1) is 0 Å². The molecule has 2 N–H and O–H groups in total. The van der Waals surface area contributed by atoms with Gasteiger partial charge in [0.15, 0.2) is 0 Å². The second-order valence-electron chi connectivity index (χ2n) is 6.25. The minimum absolute atomic E-state index is 0.0807. The van der Waals surface area contributed by atoms with Crippen LogP contribution in [0.15, 0.2) is 24.3 Å². The van der Waals surface area contributed by atoms with Gasteiger partial charge < -0.3 is 15.2 Å². The van der Waals surface area contributed by atoms with Crippen LogP contribution in [-0.2, 0) is 0 Å². The van der Waals surface area contributed by atoms with E-state index in [-0.39, 0.29) is 17.9 Å². The number of aliphatic hydroxyl groups excluding tert-OH is 1. The molecular formula is C17H23NO3. The number of benzene rings is 1. The molecule has 0 spiro atoms. The monoisotopic (exact) mass is 289 g/mol. The lowest BCUT2D eigenvalue weighted by Crippen LogP contribution is -2.32. The third-order valence-corrected chi connectivity index (χ3v) is 4.44. The maximum Gasteiger partial charge on any atom is 0.251 e. The Morgan fingerprint density at radius 3 is 2.57 bits per heavy atom. The predicted molar refractivity (Wildman–Crippen MR) is 80.3 cm³/mol. The number of carbonyl (C=O) groups is 1. The summed E-state index contributed by atoms with van der Waals surface area (Å²) >= 11 is 0. The highest BCUT2D eigenvalue weighted by atomic mass is 16.5. The third kappa shape index (κ3) is 3.97. The highest BCUT2D eigenvalue weighted by Gasteiger charge is 2.25. The van der Waals surface area contributed by atoms with Crippen LogP contribution in [0.3, 0.4) is 0 Å². The van der Waals surface area contributed by atoms with Gasteiger partial charge in [0.25, 0.3) is 5.91 Å². The first-order chi connectivity index (χ1) is 10.2. The molecule has 2 aliphatic carbocycles. The molecule has 4 nitrogen and oxygen atoms in total. The molecule has 1 aromatic rings. The third-order valence-electron chi connectivity index (χ3n) is 4.44. The normalized spacial score (nSPS) is 24.8. The fraction of sp³-hybridized carbons (Fsp3) is 0.588. The Labute approximate surface area is 125 Å². The van der Waals surface area contributed by atoms with Crippen LogP contribution in [0.2, 0.25) is 0 Å². The van der Waals surface area contributed by atoms with Gasteiger partial charge in [0.1, 0.15) is 5.75 Å². The summed E-state index contributed by atoms with van der Waals surface area (Å²) < 4.78 is 5.66. The standard InChI is InChI=1S/C17H23NO3/c19-16-3-1-2-14(16)10-18-17(20)13-6-8-15(9-7-13)21-11-12-4-5-12/h6-9,12,14,16,19H,1-5,10-11H2,(H,18,20). The zero-order valence-corrected chi connectivity index (χ0v) is 12.3. The van der Waals surface area contributed by atoms with E-state index in [4.69, 9.17) is 4.74 Å². The number of aliphatic hydroxyl groups is 1. The van der Waals surface area contributed by atoms with Gasteiger partial charge in [-0.3, -0.25) is 4.79 Å². The lowest BCUT2D eigenvalue weighted by atomic mass is 10.1. The van der Waals surface area contributed by atoms with E-state index >= 15 is 0 Å². The second-order valence-corrected chi connectivity index (χ2v) is 6.25. The van der Waals surface area contributed by atoms with Gasteiger partial charge >= 0.3 is 0 Å². The highest BCUT2D eigenvalue weighted by Crippen LogP contribution is 2.29. The molecule has 4 heteroatoms. The Bertz CT molecular complexity index is 481. The maximum absolute atomic E-state index is 12.1. The van der Waals surface area contributed by atoms with Gasteiger partial charge in [-0.25, -0.2) is 0 Å². The van der Waals surface area contributed by atoms with E-state index < -0.39 is 0 Å². The molecule has 1 amide bonds. The topological polar surface area (TPSA) is 58.6 Å². The van der Waals surface area contributed by atoms with E-state index in [1.165, 1.54) is 12.8 Å². The summed E-state index contributed by atoms with van der Waals surface area (Å²) in [5.74, 6) is 1.67. The molecule has 0 saturated heterocycles. The average molecular weight is 289 g/mol. The van der Waals surface area contributed by atoms with Crippen LogP contribution >= 0.6 is 0 Å². The molecule has 2 aliphatic rings. The molecule has 1 aromatic carbocycles. The summed E-state index contributed by atoms with van der Waals surface area (Å²) in [6.45, 7) is 1.34. The van der Waals surface area contributed by atoms with Gasteiger partial charge in [0, 0.05) is 18.0 Å². The Morgan fingerprint density at radius 1 is 1.19 bits per heavy atom. The zero-order valence-electron chi connectivity index (χ0n) is 12.3. The van der Waals surface area contributed by atoms with E-state index in [9.17, 15) is 9.90 Å². The van der Waals surface area contributed by atoms with Gasteiger partial charge in [0.2, 0.25) is 0 Å². The Hall–Kier alpha value is -1.55. The number of carbonyl (C=O) groups excluding carboxylic acids is 1.